The van der Waals surface area contributed by atoms with Crippen LogP contribution in [0.5, 0.6) is 0 Å². The topological polar surface area (TPSA) is 101 Å². The van der Waals surface area contributed by atoms with Crippen molar-refractivity contribution in [2.45, 2.75) is 66.4 Å². The number of hydrogen-bond acceptors (Lipinski definition) is 6. The molecule has 0 aromatic carbocycles. The van der Waals surface area contributed by atoms with E-state index in [1.165, 1.54) is 11.3 Å². The Morgan fingerprint density at radius 3 is 2.55 bits per heavy atom. The van der Waals surface area contributed by atoms with Gasteiger partial charge in [0.15, 0.2) is 0 Å². The second-order valence-corrected chi connectivity index (χ2v) is 10.5. The Hall–Kier alpha value is -2.16. The second-order valence-electron chi connectivity index (χ2n) is 9.43. The molecule has 1 aromatic heterocycles. The first-order valence-corrected chi connectivity index (χ1v) is 11.8. The highest BCUT2D eigenvalue weighted by Gasteiger charge is 2.30. The molecule has 31 heavy (non-hydrogen) atoms. The third kappa shape index (κ3) is 8.12. The Balaban J connectivity index is 1.83. The number of amides is 3. The number of ether oxygens (including phenoxy) is 1. The number of likely N-dealkylation sites (tertiary alicyclic amines) is 1. The van der Waals surface area contributed by atoms with Crippen LogP contribution in [0, 0.1) is 18.8 Å². The van der Waals surface area contributed by atoms with Crippen LogP contribution in [-0.4, -0.2) is 59.6 Å². The van der Waals surface area contributed by atoms with E-state index < -0.39 is 11.7 Å². The Morgan fingerprint density at radius 1 is 1.23 bits per heavy atom. The van der Waals surface area contributed by atoms with Crippen LogP contribution >= 0.6 is 11.3 Å². The van der Waals surface area contributed by atoms with Crippen molar-refractivity contribution in [2.75, 3.05) is 26.2 Å². The van der Waals surface area contributed by atoms with Gasteiger partial charge in [0.2, 0.25) is 5.91 Å². The Labute approximate surface area is 189 Å². The normalized spacial score (nSPS) is 16.9. The predicted molar refractivity (Wildman–Crippen MR) is 121 cm³/mol. The predicted octanol–water partition coefficient (Wildman–Crippen LogP) is 3.14. The molecular weight excluding hydrogens is 416 g/mol. The number of alkyl carbamates (subject to hydrolysis) is 1. The summed E-state index contributed by atoms with van der Waals surface area (Å²) < 4.78 is 5.16. The average Bonchev–Trinajstić information content (AvgIpc) is 3.02. The van der Waals surface area contributed by atoms with Gasteiger partial charge in [-0.05, 0) is 46.5 Å². The van der Waals surface area contributed by atoms with Crippen LogP contribution in [0.3, 0.4) is 0 Å². The lowest BCUT2D eigenvalue weighted by molar-refractivity contribution is -0.126. The number of nitrogens with zero attached hydrogens (tertiary/aromatic N) is 2. The number of aromatic nitrogens is 1. The van der Waals surface area contributed by atoms with E-state index in [1.54, 1.807) is 25.7 Å². The monoisotopic (exact) mass is 452 g/mol. The SMILES string of the molecule is Cc1nc(CC(C)C)sc1C(=O)N1CCCC(C(=O)NCCNC(=O)OC(C)(C)C)C1. The van der Waals surface area contributed by atoms with Crippen LogP contribution in [0.1, 0.15) is 67.8 Å². The number of carbonyl (C=O) groups excluding carboxylic acids is 3. The molecule has 2 N–H and O–H groups in total. The van der Waals surface area contributed by atoms with Gasteiger partial charge in [0.1, 0.15) is 10.5 Å². The first kappa shape index (κ1) is 25.1. The zero-order valence-electron chi connectivity index (χ0n) is 19.5. The Kier molecular flexibility index (Phi) is 8.85. The summed E-state index contributed by atoms with van der Waals surface area (Å²) in [6.45, 7) is 13.2. The van der Waals surface area contributed by atoms with Crippen LogP contribution in [0.25, 0.3) is 0 Å². The Bertz CT molecular complexity index is 785. The number of nitrogens with one attached hydrogen (secondary N) is 2. The van der Waals surface area contributed by atoms with E-state index >= 15 is 0 Å². The van der Waals surface area contributed by atoms with Crippen molar-refractivity contribution in [1.82, 2.24) is 20.5 Å². The number of thiazole rings is 1. The van der Waals surface area contributed by atoms with Crippen molar-refractivity contribution in [3.63, 3.8) is 0 Å². The maximum Gasteiger partial charge on any atom is 0.407 e. The van der Waals surface area contributed by atoms with Crippen LogP contribution < -0.4 is 10.6 Å². The van der Waals surface area contributed by atoms with Gasteiger partial charge in [-0.2, -0.15) is 0 Å². The smallest absolute Gasteiger partial charge is 0.407 e. The molecule has 0 bridgehead atoms. The van der Waals surface area contributed by atoms with Gasteiger partial charge in [0, 0.05) is 32.6 Å². The largest absolute Gasteiger partial charge is 0.444 e. The van der Waals surface area contributed by atoms with E-state index in [1.807, 2.05) is 6.92 Å². The van der Waals surface area contributed by atoms with Gasteiger partial charge in [-0.3, -0.25) is 9.59 Å². The molecule has 8 nitrogen and oxygen atoms in total. The molecule has 9 heteroatoms. The molecule has 1 aromatic rings. The number of hydrogen-bond donors (Lipinski definition) is 2. The van der Waals surface area contributed by atoms with Gasteiger partial charge in [-0.15, -0.1) is 11.3 Å². The fourth-order valence-electron chi connectivity index (χ4n) is 3.42. The molecular formula is C22H36N4O4S. The lowest BCUT2D eigenvalue weighted by Crippen LogP contribution is -2.46. The summed E-state index contributed by atoms with van der Waals surface area (Å²) in [6, 6.07) is 0. The van der Waals surface area contributed by atoms with Crippen molar-refractivity contribution < 1.29 is 19.1 Å². The molecule has 0 aliphatic carbocycles. The van der Waals surface area contributed by atoms with Crippen molar-refractivity contribution in [2.24, 2.45) is 11.8 Å². The lowest BCUT2D eigenvalue weighted by Gasteiger charge is -2.31. The number of aryl methyl sites for hydroxylation is 1. The fourth-order valence-corrected chi connectivity index (χ4v) is 4.66. The number of rotatable bonds is 7. The summed E-state index contributed by atoms with van der Waals surface area (Å²) in [5, 5.41) is 6.46. The standard InChI is InChI=1S/C22H36N4O4S/c1-14(2)12-17-25-15(3)18(31-17)20(28)26-11-7-8-16(13-26)19(27)23-9-10-24-21(29)30-22(4,5)6/h14,16H,7-13H2,1-6H3,(H,23,27)(H,24,29). The average molecular weight is 453 g/mol. The summed E-state index contributed by atoms with van der Waals surface area (Å²) in [5.41, 5.74) is 0.211. The van der Waals surface area contributed by atoms with E-state index in [9.17, 15) is 14.4 Å². The lowest BCUT2D eigenvalue weighted by atomic mass is 9.97. The third-order valence-electron chi connectivity index (χ3n) is 4.79. The maximum absolute atomic E-state index is 13.0. The van der Waals surface area contributed by atoms with Gasteiger partial charge in [0.25, 0.3) is 5.91 Å². The van der Waals surface area contributed by atoms with E-state index in [0.29, 0.717) is 30.4 Å². The van der Waals surface area contributed by atoms with Gasteiger partial charge >= 0.3 is 6.09 Å². The van der Waals surface area contributed by atoms with Crippen molar-refractivity contribution in [1.29, 1.82) is 0 Å². The molecule has 1 atom stereocenters. The molecule has 0 radical (unpaired) electrons. The molecule has 3 amide bonds. The highest BCUT2D eigenvalue weighted by atomic mass is 32.1. The molecule has 2 rings (SSSR count). The highest BCUT2D eigenvalue weighted by Crippen LogP contribution is 2.25. The van der Waals surface area contributed by atoms with Gasteiger partial charge < -0.3 is 20.3 Å². The van der Waals surface area contributed by atoms with Gasteiger partial charge in [-0.1, -0.05) is 13.8 Å². The van der Waals surface area contributed by atoms with Crippen molar-refractivity contribution in [3.05, 3.63) is 15.6 Å². The molecule has 0 saturated carbocycles. The summed E-state index contributed by atoms with van der Waals surface area (Å²) in [4.78, 5) is 44.3. The van der Waals surface area contributed by atoms with Crippen molar-refractivity contribution in [3.8, 4) is 0 Å². The van der Waals surface area contributed by atoms with E-state index in [-0.39, 0.29) is 24.3 Å². The van der Waals surface area contributed by atoms with E-state index in [0.717, 1.165) is 30.0 Å². The Morgan fingerprint density at radius 2 is 1.90 bits per heavy atom. The minimum Gasteiger partial charge on any atom is -0.444 e. The summed E-state index contributed by atoms with van der Waals surface area (Å²) in [5.74, 6) is 0.114. The quantitative estimate of drug-likeness (QED) is 0.619. The maximum atomic E-state index is 13.0. The molecule has 1 fully saturated rings. The summed E-state index contributed by atoms with van der Waals surface area (Å²) in [7, 11) is 0. The first-order chi connectivity index (χ1) is 14.5. The van der Waals surface area contributed by atoms with Crippen LogP contribution in [-0.2, 0) is 16.0 Å². The molecule has 2 heterocycles. The minimum absolute atomic E-state index is 0.0332. The molecule has 1 saturated heterocycles. The van der Waals surface area contributed by atoms with E-state index in [4.69, 9.17) is 4.74 Å². The zero-order valence-corrected chi connectivity index (χ0v) is 20.4. The molecule has 1 aliphatic heterocycles. The van der Waals surface area contributed by atoms with E-state index in [2.05, 4.69) is 29.5 Å². The minimum atomic E-state index is -0.558. The van der Waals surface area contributed by atoms with Crippen LogP contribution in [0.4, 0.5) is 4.79 Å². The summed E-state index contributed by atoms with van der Waals surface area (Å²) in [6.07, 6.45) is 1.89. The molecule has 0 spiro atoms. The fraction of sp³-hybridized carbons (Fsp3) is 0.727. The second kappa shape index (κ2) is 10.9. The molecule has 1 unspecified atom stereocenters. The van der Waals surface area contributed by atoms with Crippen LogP contribution in [0.15, 0.2) is 0 Å². The number of piperidine rings is 1. The zero-order chi connectivity index (χ0) is 23.2. The number of carbonyl (C=O) groups is 3. The molecule has 1 aliphatic rings. The van der Waals surface area contributed by atoms with Crippen LogP contribution in [0.2, 0.25) is 0 Å². The third-order valence-corrected chi connectivity index (χ3v) is 5.96. The van der Waals surface area contributed by atoms with Gasteiger partial charge in [-0.25, -0.2) is 9.78 Å². The van der Waals surface area contributed by atoms with Crippen molar-refractivity contribution >= 4 is 29.2 Å². The molecule has 174 valence electrons. The highest BCUT2D eigenvalue weighted by molar-refractivity contribution is 7.13. The summed E-state index contributed by atoms with van der Waals surface area (Å²) >= 11 is 1.47. The first-order valence-electron chi connectivity index (χ1n) is 11.0. The van der Waals surface area contributed by atoms with Gasteiger partial charge in [0.05, 0.1) is 16.6 Å².